The van der Waals surface area contributed by atoms with Crippen LogP contribution in [0.5, 0.6) is 0 Å². The average molecular weight is 403 g/mol. The van der Waals surface area contributed by atoms with Crippen LogP contribution in [0.15, 0.2) is 76.9 Å². The highest BCUT2D eigenvalue weighted by atomic mass is 32.1. The van der Waals surface area contributed by atoms with E-state index in [1.54, 1.807) is 36.7 Å². The van der Waals surface area contributed by atoms with E-state index in [4.69, 9.17) is 4.74 Å². The zero-order valence-corrected chi connectivity index (χ0v) is 16.4. The summed E-state index contributed by atoms with van der Waals surface area (Å²) >= 11 is 1.29. The third-order valence-corrected chi connectivity index (χ3v) is 5.60. The molecule has 0 aliphatic heterocycles. The minimum atomic E-state index is -0.709. The van der Waals surface area contributed by atoms with Crippen LogP contribution in [0.25, 0.3) is 21.9 Å². The Balaban J connectivity index is 1.83. The van der Waals surface area contributed by atoms with E-state index < -0.39 is 5.97 Å². The number of rotatable bonds is 5. The van der Waals surface area contributed by atoms with Crippen LogP contribution in [0.4, 0.5) is 0 Å². The number of Topliss-reactive ketones (excluding diaryl/α,β-unsaturated/α-hetero) is 1. The molecule has 0 radical (unpaired) electrons. The molecule has 0 unspecified atom stereocenters. The predicted octanol–water partition coefficient (Wildman–Crippen LogP) is 4.31. The molecule has 2 heterocycles. The summed E-state index contributed by atoms with van der Waals surface area (Å²) < 4.78 is 6.61. The molecule has 0 amide bonds. The van der Waals surface area contributed by atoms with Gasteiger partial charge in [0.25, 0.3) is 5.56 Å². The molecule has 29 heavy (non-hydrogen) atoms. The first-order valence-corrected chi connectivity index (χ1v) is 9.87. The number of hydrogen-bond donors (Lipinski definition) is 0. The second-order valence-corrected chi connectivity index (χ2v) is 7.42. The van der Waals surface area contributed by atoms with E-state index in [1.165, 1.54) is 15.9 Å². The van der Waals surface area contributed by atoms with Crippen molar-refractivity contribution >= 4 is 33.9 Å². The summed E-state index contributed by atoms with van der Waals surface area (Å²) in [4.78, 5) is 38.6. The van der Waals surface area contributed by atoms with Crippen LogP contribution in [0.1, 0.15) is 20.2 Å². The summed E-state index contributed by atoms with van der Waals surface area (Å²) in [6, 6.07) is 20.0. The predicted molar refractivity (Wildman–Crippen MR) is 114 cm³/mol. The first-order valence-electron chi connectivity index (χ1n) is 8.99. The average Bonchev–Trinajstić information content (AvgIpc) is 3.30. The summed E-state index contributed by atoms with van der Waals surface area (Å²) in [5.41, 5.74) is 1.23. The maximum atomic E-state index is 13.0. The molecule has 5 nitrogen and oxygen atoms in total. The Kier molecular flexibility index (Phi) is 5.10. The lowest BCUT2D eigenvalue weighted by molar-refractivity contribution is 0.0466. The second-order valence-electron chi connectivity index (χ2n) is 6.48. The topological polar surface area (TPSA) is 65.4 Å². The van der Waals surface area contributed by atoms with E-state index in [2.05, 4.69) is 0 Å². The van der Waals surface area contributed by atoms with Crippen molar-refractivity contribution in [2.24, 2.45) is 7.05 Å². The Morgan fingerprint density at radius 1 is 0.931 bits per heavy atom. The fourth-order valence-corrected chi connectivity index (χ4v) is 3.96. The molecule has 0 aliphatic rings. The number of thiophene rings is 1. The Labute approximate surface area is 170 Å². The highest BCUT2D eigenvalue weighted by Gasteiger charge is 2.23. The molecule has 0 fully saturated rings. The number of ketones is 1. The number of carbonyl (C=O) groups excluding carboxylic acids is 2. The van der Waals surface area contributed by atoms with Gasteiger partial charge in [-0.2, -0.15) is 0 Å². The van der Waals surface area contributed by atoms with E-state index in [9.17, 15) is 14.4 Å². The van der Waals surface area contributed by atoms with Crippen molar-refractivity contribution in [3.63, 3.8) is 0 Å². The number of pyridine rings is 1. The van der Waals surface area contributed by atoms with Gasteiger partial charge in [0.05, 0.1) is 4.88 Å². The zero-order chi connectivity index (χ0) is 20.4. The number of ether oxygens (including phenoxy) is 1. The zero-order valence-electron chi connectivity index (χ0n) is 15.6. The van der Waals surface area contributed by atoms with Gasteiger partial charge in [0.15, 0.2) is 6.61 Å². The van der Waals surface area contributed by atoms with Crippen LogP contribution < -0.4 is 5.56 Å². The lowest BCUT2D eigenvalue weighted by atomic mass is 9.97. The standard InChI is InChI=1S/C23H17NO4S/c1-24-21(23(27)28-14-18(25)19-12-7-13-29-19)20(15-8-3-2-4-9-15)16-10-5-6-11-17(16)22(24)26/h2-13H,14H2,1H3. The second kappa shape index (κ2) is 7.85. The molecule has 144 valence electrons. The number of hydrogen-bond acceptors (Lipinski definition) is 5. The number of carbonyl (C=O) groups is 2. The quantitative estimate of drug-likeness (QED) is 0.368. The molecule has 0 saturated heterocycles. The molecule has 0 saturated carbocycles. The van der Waals surface area contributed by atoms with Gasteiger partial charge in [-0.25, -0.2) is 4.79 Å². The third kappa shape index (κ3) is 3.50. The number of nitrogens with zero attached hydrogens (tertiary/aromatic N) is 1. The lowest BCUT2D eigenvalue weighted by Gasteiger charge is -2.16. The normalized spacial score (nSPS) is 10.8. The van der Waals surface area contributed by atoms with Crippen molar-refractivity contribution in [1.82, 2.24) is 4.57 Å². The Morgan fingerprint density at radius 3 is 2.31 bits per heavy atom. The summed E-state index contributed by atoms with van der Waals surface area (Å²) in [6.07, 6.45) is 0. The third-order valence-electron chi connectivity index (χ3n) is 4.69. The molecule has 2 aromatic carbocycles. The van der Waals surface area contributed by atoms with Crippen molar-refractivity contribution < 1.29 is 14.3 Å². The van der Waals surface area contributed by atoms with Crippen molar-refractivity contribution in [3.05, 3.63) is 93.0 Å². The van der Waals surface area contributed by atoms with Crippen LogP contribution in [-0.4, -0.2) is 22.9 Å². The SMILES string of the molecule is Cn1c(C(=O)OCC(=O)c2cccs2)c(-c2ccccc2)c2ccccc2c1=O. The van der Waals surface area contributed by atoms with Crippen molar-refractivity contribution in [2.75, 3.05) is 6.61 Å². The fraction of sp³-hybridized carbons (Fsp3) is 0.0870. The molecule has 4 rings (SSSR count). The van der Waals surface area contributed by atoms with Gasteiger partial charge in [-0.3, -0.25) is 9.59 Å². The molecular formula is C23H17NO4S. The van der Waals surface area contributed by atoms with Crippen LogP contribution in [0.2, 0.25) is 0 Å². The Bertz CT molecular complexity index is 1260. The molecule has 0 N–H and O–H groups in total. The summed E-state index contributed by atoms with van der Waals surface area (Å²) in [7, 11) is 1.54. The van der Waals surface area contributed by atoms with Gasteiger partial charge in [-0.05, 0) is 28.5 Å². The van der Waals surface area contributed by atoms with Crippen LogP contribution in [0, 0.1) is 0 Å². The molecule has 0 spiro atoms. The fourth-order valence-electron chi connectivity index (χ4n) is 3.31. The summed E-state index contributed by atoms with van der Waals surface area (Å²) in [6.45, 7) is -0.380. The summed E-state index contributed by atoms with van der Waals surface area (Å²) in [5, 5.41) is 2.97. The summed E-state index contributed by atoms with van der Waals surface area (Å²) in [5.74, 6) is -0.987. The Hall–Kier alpha value is -3.51. The molecule has 0 atom stereocenters. The van der Waals surface area contributed by atoms with Gasteiger partial charge < -0.3 is 9.30 Å². The van der Waals surface area contributed by atoms with Gasteiger partial charge in [-0.1, -0.05) is 54.6 Å². The monoisotopic (exact) mass is 403 g/mol. The highest BCUT2D eigenvalue weighted by molar-refractivity contribution is 7.12. The van der Waals surface area contributed by atoms with E-state index >= 15 is 0 Å². The van der Waals surface area contributed by atoms with Crippen molar-refractivity contribution in [3.8, 4) is 11.1 Å². The maximum absolute atomic E-state index is 13.0. The van der Waals surface area contributed by atoms with Gasteiger partial charge in [0, 0.05) is 18.0 Å². The van der Waals surface area contributed by atoms with Gasteiger partial charge in [-0.15, -0.1) is 11.3 Å². The number of benzene rings is 2. The molecule has 0 aliphatic carbocycles. The maximum Gasteiger partial charge on any atom is 0.356 e. The molecular weight excluding hydrogens is 386 g/mol. The van der Waals surface area contributed by atoms with Crippen molar-refractivity contribution in [2.45, 2.75) is 0 Å². The van der Waals surface area contributed by atoms with Crippen LogP contribution in [-0.2, 0) is 11.8 Å². The van der Waals surface area contributed by atoms with Gasteiger partial charge >= 0.3 is 5.97 Å². The van der Waals surface area contributed by atoms with Crippen molar-refractivity contribution in [1.29, 1.82) is 0 Å². The number of aromatic nitrogens is 1. The number of esters is 1. The highest BCUT2D eigenvalue weighted by Crippen LogP contribution is 2.30. The minimum Gasteiger partial charge on any atom is -0.453 e. The smallest absolute Gasteiger partial charge is 0.356 e. The van der Waals surface area contributed by atoms with Gasteiger partial charge in [0.2, 0.25) is 5.78 Å². The van der Waals surface area contributed by atoms with Crippen LogP contribution in [0.3, 0.4) is 0 Å². The van der Waals surface area contributed by atoms with E-state index in [-0.39, 0.29) is 23.6 Å². The molecule has 2 aromatic heterocycles. The van der Waals surface area contributed by atoms with E-state index in [0.717, 1.165) is 5.56 Å². The van der Waals surface area contributed by atoms with Crippen LogP contribution >= 0.6 is 11.3 Å². The first-order chi connectivity index (χ1) is 14.1. The first kappa shape index (κ1) is 18.8. The van der Waals surface area contributed by atoms with E-state index in [1.807, 2.05) is 42.5 Å². The van der Waals surface area contributed by atoms with E-state index in [0.29, 0.717) is 21.2 Å². The largest absolute Gasteiger partial charge is 0.453 e. The lowest BCUT2D eigenvalue weighted by Crippen LogP contribution is -2.27. The molecule has 4 aromatic rings. The molecule has 0 bridgehead atoms. The number of fused-ring (bicyclic) bond motifs is 1. The Morgan fingerprint density at radius 2 is 1.62 bits per heavy atom. The molecule has 6 heteroatoms. The van der Waals surface area contributed by atoms with Gasteiger partial charge in [0.1, 0.15) is 5.69 Å². The minimum absolute atomic E-state index is 0.124.